The van der Waals surface area contributed by atoms with Gasteiger partial charge in [-0.15, -0.1) is 0 Å². The Kier molecular flexibility index (Phi) is 6.29. The topological polar surface area (TPSA) is 72.9 Å². The third-order valence-corrected chi connectivity index (χ3v) is 9.37. The first-order chi connectivity index (χ1) is 20.8. The van der Waals surface area contributed by atoms with Crippen molar-refractivity contribution in [3.05, 3.63) is 129 Å². The Morgan fingerprint density at radius 3 is 2.21 bits per heavy atom. The number of carbonyl (C=O) groups is 3. The van der Waals surface area contributed by atoms with E-state index in [4.69, 9.17) is 21.1 Å². The zero-order chi connectivity index (χ0) is 30.0. The summed E-state index contributed by atoms with van der Waals surface area (Å²) < 4.78 is 11.6. The van der Waals surface area contributed by atoms with Crippen molar-refractivity contribution in [2.45, 2.75) is 24.9 Å². The fraction of sp³-hybridized carbons (Fsp3) is 0.194. The molecule has 214 valence electrons. The smallest absolute Gasteiger partial charge is 0.185 e. The van der Waals surface area contributed by atoms with Crippen LogP contribution < -0.4 is 14.4 Å². The highest BCUT2D eigenvalue weighted by Crippen LogP contribution is 2.62. The summed E-state index contributed by atoms with van der Waals surface area (Å²) in [5.74, 6) is -0.912. The maximum atomic E-state index is 14.9. The molecule has 0 amide bonds. The molecule has 2 heterocycles. The van der Waals surface area contributed by atoms with Crippen molar-refractivity contribution in [2.24, 2.45) is 5.41 Å². The van der Waals surface area contributed by atoms with E-state index >= 15 is 0 Å². The molecule has 3 atom stereocenters. The van der Waals surface area contributed by atoms with E-state index in [-0.39, 0.29) is 17.3 Å². The number of nitrogens with zero attached hydrogens (tertiary/aromatic N) is 1. The summed E-state index contributed by atoms with van der Waals surface area (Å²) >= 11 is 6.40. The van der Waals surface area contributed by atoms with Crippen molar-refractivity contribution >= 4 is 40.7 Å². The zero-order valence-electron chi connectivity index (χ0n) is 23.8. The van der Waals surface area contributed by atoms with Crippen molar-refractivity contribution in [2.75, 3.05) is 19.1 Å². The van der Waals surface area contributed by atoms with Gasteiger partial charge in [-0.2, -0.15) is 0 Å². The minimum absolute atomic E-state index is 0.204. The van der Waals surface area contributed by atoms with Crippen molar-refractivity contribution < 1.29 is 23.9 Å². The number of benzene rings is 4. The minimum Gasteiger partial charge on any atom is -0.493 e. The molecule has 6 nitrogen and oxygen atoms in total. The van der Waals surface area contributed by atoms with E-state index in [1.807, 2.05) is 54.3 Å². The molecule has 1 fully saturated rings. The molecule has 0 saturated carbocycles. The van der Waals surface area contributed by atoms with Gasteiger partial charge in [-0.25, -0.2) is 0 Å². The summed E-state index contributed by atoms with van der Waals surface area (Å²) in [6, 6.07) is 23.5. The molecule has 1 spiro atoms. The largest absolute Gasteiger partial charge is 0.493 e. The van der Waals surface area contributed by atoms with Crippen LogP contribution in [0.1, 0.15) is 53.7 Å². The van der Waals surface area contributed by atoms with Crippen LogP contribution in [0.5, 0.6) is 11.5 Å². The summed E-state index contributed by atoms with van der Waals surface area (Å²) in [4.78, 5) is 46.5. The van der Waals surface area contributed by atoms with Crippen LogP contribution in [0.25, 0.3) is 6.08 Å². The van der Waals surface area contributed by atoms with Crippen LogP contribution in [0, 0.1) is 12.3 Å². The van der Waals surface area contributed by atoms with Crippen LogP contribution in [-0.4, -0.2) is 43.7 Å². The van der Waals surface area contributed by atoms with Crippen molar-refractivity contribution in [1.82, 2.24) is 0 Å². The first kappa shape index (κ1) is 27.2. The van der Waals surface area contributed by atoms with Crippen LogP contribution >= 0.6 is 11.6 Å². The average Bonchev–Trinajstić information content (AvgIpc) is 3.46. The molecule has 4 aromatic carbocycles. The summed E-state index contributed by atoms with van der Waals surface area (Å²) in [5, 5.41) is 0.545. The molecule has 7 heteroatoms. The van der Waals surface area contributed by atoms with Gasteiger partial charge in [0.05, 0.1) is 20.3 Å². The van der Waals surface area contributed by atoms with Crippen LogP contribution in [0.15, 0.2) is 91.0 Å². The number of fused-ring (bicyclic) bond motifs is 5. The van der Waals surface area contributed by atoms with E-state index < -0.39 is 23.4 Å². The lowest BCUT2D eigenvalue weighted by atomic mass is 9.64. The number of hydrogen-bond acceptors (Lipinski definition) is 6. The van der Waals surface area contributed by atoms with Gasteiger partial charge < -0.3 is 14.4 Å². The molecule has 0 unspecified atom stereocenters. The Morgan fingerprint density at radius 2 is 1.56 bits per heavy atom. The number of carbonyl (C=O) groups excluding carboxylic acids is 3. The highest BCUT2D eigenvalue weighted by molar-refractivity contribution is 6.33. The summed E-state index contributed by atoms with van der Waals surface area (Å²) in [6.45, 7) is 1.96. The van der Waals surface area contributed by atoms with E-state index in [1.54, 1.807) is 54.6 Å². The lowest BCUT2D eigenvalue weighted by Crippen LogP contribution is -2.48. The lowest BCUT2D eigenvalue weighted by Gasteiger charge is -2.37. The first-order valence-corrected chi connectivity index (χ1v) is 14.5. The molecule has 0 bridgehead atoms. The fourth-order valence-corrected chi connectivity index (χ4v) is 7.52. The number of rotatable bonds is 5. The predicted molar refractivity (Wildman–Crippen MR) is 166 cm³/mol. The molecule has 3 aliphatic rings. The van der Waals surface area contributed by atoms with Crippen molar-refractivity contribution in [1.29, 1.82) is 0 Å². The summed E-state index contributed by atoms with van der Waals surface area (Å²) in [5.41, 5.74) is 2.65. The molecule has 0 N–H and O–H groups in total. The second-order valence-corrected chi connectivity index (χ2v) is 11.7. The van der Waals surface area contributed by atoms with Crippen molar-refractivity contribution in [3.63, 3.8) is 0 Å². The van der Waals surface area contributed by atoms with Gasteiger partial charge in [-0.1, -0.05) is 90.0 Å². The predicted octanol–water partition coefficient (Wildman–Crippen LogP) is 6.98. The highest BCUT2D eigenvalue weighted by Gasteiger charge is 2.72. The fourth-order valence-electron chi connectivity index (χ4n) is 7.34. The van der Waals surface area contributed by atoms with E-state index in [9.17, 15) is 14.4 Å². The Morgan fingerprint density at radius 1 is 0.860 bits per heavy atom. The number of anilines is 1. The first-order valence-electron chi connectivity index (χ1n) is 14.1. The van der Waals surface area contributed by atoms with Gasteiger partial charge in [0.1, 0.15) is 11.5 Å². The Labute approximate surface area is 254 Å². The van der Waals surface area contributed by atoms with Gasteiger partial charge >= 0.3 is 0 Å². The quantitative estimate of drug-likeness (QED) is 0.185. The summed E-state index contributed by atoms with van der Waals surface area (Å²) in [6.07, 6.45) is 3.77. The standard InChI is InChI=1S/C36H28ClNO5/c1-20-11-13-21(14-12-20)32(39)31-30(26-9-6-10-28(42-2)33(26)43-3)36(34(40)24-7-4-5-8-25(24)35(36)41)29-18-15-22-19-23(37)16-17-27(22)38(29)31/h4-19,29-31H,1-3H3/t29-,30+,31+/m1/s1. The van der Waals surface area contributed by atoms with E-state index in [1.165, 1.54) is 14.2 Å². The maximum absolute atomic E-state index is 14.9. The number of methoxy groups -OCH3 is 2. The molecule has 43 heavy (non-hydrogen) atoms. The average molecular weight is 590 g/mol. The lowest BCUT2D eigenvalue weighted by molar-refractivity contribution is 0.0664. The van der Waals surface area contributed by atoms with E-state index in [0.29, 0.717) is 38.8 Å². The SMILES string of the molecule is COc1cccc([C@H]2[C@@H](C(=O)c3ccc(C)cc3)N3c4ccc(Cl)cc4C=C[C@@H]3C23C(=O)c2ccccc2C3=O)c1OC. The van der Waals surface area contributed by atoms with Crippen LogP contribution in [-0.2, 0) is 0 Å². The van der Waals surface area contributed by atoms with Crippen molar-refractivity contribution in [3.8, 4) is 11.5 Å². The zero-order valence-corrected chi connectivity index (χ0v) is 24.6. The van der Waals surface area contributed by atoms with Gasteiger partial charge in [0.15, 0.2) is 28.8 Å². The molecule has 4 aromatic rings. The monoisotopic (exact) mass is 589 g/mol. The Hall–Kier alpha value is -4.68. The molecule has 7 rings (SSSR count). The third kappa shape index (κ3) is 3.69. The summed E-state index contributed by atoms with van der Waals surface area (Å²) in [7, 11) is 3.06. The van der Waals surface area contributed by atoms with Crippen LogP contribution in [0.4, 0.5) is 5.69 Å². The van der Waals surface area contributed by atoms with Gasteiger partial charge in [0.25, 0.3) is 0 Å². The Bertz CT molecular complexity index is 1830. The molecular formula is C36H28ClNO5. The second-order valence-electron chi connectivity index (χ2n) is 11.2. The number of Topliss-reactive ketones (excluding diaryl/α,β-unsaturated/α-hetero) is 3. The van der Waals surface area contributed by atoms with Gasteiger partial charge in [-0.3, -0.25) is 14.4 Å². The minimum atomic E-state index is -1.65. The number of ether oxygens (including phenoxy) is 2. The Balaban J connectivity index is 1.58. The normalized spacial score (nSPS) is 21.0. The van der Waals surface area contributed by atoms with Gasteiger partial charge in [-0.05, 0) is 36.8 Å². The van der Waals surface area contributed by atoms with Gasteiger partial charge in [0, 0.05) is 38.9 Å². The highest BCUT2D eigenvalue weighted by atomic mass is 35.5. The molecule has 1 saturated heterocycles. The molecule has 1 aliphatic carbocycles. The molecule has 2 aliphatic heterocycles. The number of halogens is 1. The van der Waals surface area contributed by atoms with Crippen LogP contribution in [0.3, 0.4) is 0 Å². The number of hydrogen-bond donors (Lipinski definition) is 0. The van der Waals surface area contributed by atoms with E-state index in [2.05, 4.69) is 0 Å². The third-order valence-electron chi connectivity index (χ3n) is 9.14. The van der Waals surface area contributed by atoms with Gasteiger partial charge in [0.2, 0.25) is 0 Å². The second kappa shape index (κ2) is 9.96. The maximum Gasteiger partial charge on any atom is 0.185 e. The molecular weight excluding hydrogens is 562 g/mol. The van der Waals surface area contributed by atoms with Crippen LogP contribution in [0.2, 0.25) is 5.02 Å². The number of para-hydroxylation sites is 1. The molecule has 0 aromatic heterocycles. The molecule has 0 radical (unpaired) electrons. The number of aryl methyl sites for hydroxylation is 1. The van der Waals surface area contributed by atoms with E-state index in [0.717, 1.165) is 16.8 Å². The number of ketones is 3.